The molecule has 0 aliphatic carbocycles. The van der Waals surface area contributed by atoms with E-state index >= 15 is 0 Å². The molecule has 0 aliphatic heterocycles. The number of carbonyl (C=O) groups excluding carboxylic acids is 1. The summed E-state index contributed by atoms with van der Waals surface area (Å²) < 4.78 is 5.51. The van der Waals surface area contributed by atoms with E-state index in [1.807, 2.05) is 26.8 Å². The van der Waals surface area contributed by atoms with E-state index in [0.717, 1.165) is 27.6 Å². The van der Waals surface area contributed by atoms with Crippen LogP contribution in [0.2, 0.25) is 0 Å². The molecule has 0 saturated heterocycles. The van der Waals surface area contributed by atoms with Gasteiger partial charge in [0, 0.05) is 10.6 Å². The maximum atomic E-state index is 11.4. The van der Waals surface area contributed by atoms with Gasteiger partial charge in [-0.2, -0.15) is 0 Å². The molecule has 3 N–H and O–H groups in total. The van der Waals surface area contributed by atoms with Gasteiger partial charge in [-0.15, -0.1) is 11.3 Å². The van der Waals surface area contributed by atoms with Crippen LogP contribution < -0.4 is 11.3 Å². The summed E-state index contributed by atoms with van der Waals surface area (Å²) in [5, 5.41) is 0.658. The van der Waals surface area contributed by atoms with Gasteiger partial charge in [-0.25, -0.2) is 10.8 Å². The molecule has 0 atom stereocenters. The predicted octanol–water partition coefficient (Wildman–Crippen LogP) is 2.56. The molecular formula is C12H15N3O2S2. The molecule has 0 fully saturated rings. The van der Waals surface area contributed by atoms with Crippen LogP contribution in [0.1, 0.15) is 31.6 Å². The normalized spacial score (nSPS) is 10.7. The van der Waals surface area contributed by atoms with Gasteiger partial charge in [0.2, 0.25) is 0 Å². The molecule has 0 aliphatic rings. The van der Waals surface area contributed by atoms with Crippen LogP contribution in [-0.4, -0.2) is 10.9 Å². The van der Waals surface area contributed by atoms with Crippen molar-refractivity contribution in [2.75, 3.05) is 0 Å². The molecule has 2 rings (SSSR count). The number of rotatable bonds is 4. The molecule has 5 nitrogen and oxygen atoms in total. The summed E-state index contributed by atoms with van der Waals surface area (Å²) in [5.74, 6) is 6.43. The number of thioether (sulfide) groups is 1. The molecule has 2 aromatic heterocycles. The number of nitrogens with two attached hydrogens (primary N) is 1. The summed E-state index contributed by atoms with van der Waals surface area (Å²) in [6, 6.07) is 1.86. The average molecular weight is 297 g/mol. The fourth-order valence-electron chi connectivity index (χ4n) is 1.49. The Morgan fingerprint density at radius 2 is 2.26 bits per heavy atom. The number of thiophene rings is 1. The fourth-order valence-corrected chi connectivity index (χ4v) is 3.49. The smallest absolute Gasteiger partial charge is 0.275 e. The van der Waals surface area contributed by atoms with Gasteiger partial charge in [0.15, 0.2) is 0 Å². The van der Waals surface area contributed by atoms with Crippen LogP contribution >= 0.6 is 23.1 Å². The topological polar surface area (TPSA) is 81.2 Å². The number of hydrazine groups is 1. The van der Waals surface area contributed by atoms with Crippen molar-refractivity contribution in [2.45, 2.75) is 31.7 Å². The van der Waals surface area contributed by atoms with Crippen molar-refractivity contribution < 1.29 is 9.21 Å². The third-order valence-corrected chi connectivity index (χ3v) is 4.70. The number of hydrogen-bond donors (Lipinski definition) is 2. The lowest BCUT2D eigenvalue weighted by atomic mass is 10.3. The lowest BCUT2D eigenvalue weighted by molar-refractivity contribution is 0.0957. The zero-order chi connectivity index (χ0) is 14.0. The number of hydrogen-bond acceptors (Lipinski definition) is 6. The number of oxazole rings is 1. The predicted molar refractivity (Wildman–Crippen MR) is 76.2 cm³/mol. The minimum atomic E-state index is -0.257. The van der Waals surface area contributed by atoms with Gasteiger partial charge in [0.1, 0.15) is 5.76 Å². The molecule has 19 heavy (non-hydrogen) atoms. The van der Waals surface area contributed by atoms with Crippen LogP contribution in [0.5, 0.6) is 0 Å². The largest absolute Gasteiger partial charge is 0.437 e. The Hall–Kier alpha value is -1.31. The summed E-state index contributed by atoms with van der Waals surface area (Å²) in [5.41, 5.74) is 4.15. The Bertz CT molecular complexity index is 585. The molecule has 1 amide bonds. The summed E-state index contributed by atoms with van der Waals surface area (Å²) in [7, 11) is 0. The number of nitrogen functional groups attached to an aromatic ring is 1. The van der Waals surface area contributed by atoms with Crippen LogP contribution in [0.25, 0.3) is 0 Å². The minimum absolute atomic E-state index is 0.257. The van der Waals surface area contributed by atoms with Crippen LogP contribution in [0.15, 0.2) is 15.7 Å². The van der Waals surface area contributed by atoms with Crippen LogP contribution in [0.3, 0.4) is 0 Å². The Labute approximate surface area is 119 Å². The lowest BCUT2D eigenvalue weighted by Gasteiger charge is -1.96. The summed E-state index contributed by atoms with van der Waals surface area (Å²) >= 11 is 2.96. The Morgan fingerprint density at radius 1 is 1.53 bits per heavy atom. The Balaban J connectivity index is 2.07. The molecule has 0 spiro atoms. The monoisotopic (exact) mass is 297 g/mol. The van der Waals surface area contributed by atoms with Crippen molar-refractivity contribution in [1.82, 2.24) is 10.4 Å². The van der Waals surface area contributed by atoms with E-state index in [2.05, 4.69) is 10.4 Å². The molecule has 102 valence electrons. The van der Waals surface area contributed by atoms with Gasteiger partial charge in [-0.3, -0.25) is 10.2 Å². The van der Waals surface area contributed by atoms with Gasteiger partial charge < -0.3 is 4.42 Å². The first-order valence-electron chi connectivity index (χ1n) is 5.68. The fraction of sp³-hybridized carbons (Fsp3) is 0.333. The molecule has 0 unspecified atom stereocenters. The summed E-state index contributed by atoms with van der Waals surface area (Å²) in [4.78, 5) is 17.5. The second kappa shape index (κ2) is 5.77. The molecule has 7 heteroatoms. The highest BCUT2D eigenvalue weighted by atomic mass is 32.2. The lowest BCUT2D eigenvalue weighted by Crippen LogP contribution is -2.29. The van der Waals surface area contributed by atoms with Crippen molar-refractivity contribution in [3.05, 3.63) is 32.8 Å². The van der Waals surface area contributed by atoms with E-state index in [1.165, 1.54) is 23.1 Å². The number of aryl methyl sites for hydroxylation is 3. The van der Waals surface area contributed by atoms with Crippen molar-refractivity contribution in [3.63, 3.8) is 0 Å². The molecule has 0 saturated carbocycles. The maximum Gasteiger partial charge on any atom is 0.275 e. The number of aromatic nitrogens is 1. The van der Waals surface area contributed by atoms with E-state index < -0.39 is 0 Å². The third kappa shape index (κ3) is 3.17. The van der Waals surface area contributed by atoms with Crippen LogP contribution in [0, 0.1) is 20.8 Å². The number of nitrogens with zero attached hydrogens (tertiary/aromatic N) is 1. The average Bonchev–Trinajstić information content (AvgIpc) is 2.90. The molecular weight excluding hydrogens is 282 g/mol. The van der Waals surface area contributed by atoms with Gasteiger partial charge in [0.25, 0.3) is 11.1 Å². The van der Waals surface area contributed by atoms with Crippen molar-refractivity contribution in [1.29, 1.82) is 0 Å². The first kappa shape index (κ1) is 14.1. The van der Waals surface area contributed by atoms with Gasteiger partial charge in [0.05, 0.1) is 10.6 Å². The third-order valence-electron chi connectivity index (χ3n) is 2.74. The number of carbonyl (C=O) groups is 1. The van der Waals surface area contributed by atoms with E-state index in [0.29, 0.717) is 10.1 Å². The van der Waals surface area contributed by atoms with E-state index in [9.17, 15) is 4.79 Å². The molecule has 2 heterocycles. The summed E-state index contributed by atoms with van der Waals surface area (Å²) in [6.45, 7) is 5.80. The van der Waals surface area contributed by atoms with Gasteiger partial charge in [-0.05, 0) is 32.4 Å². The Kier molecular flexibility index (Phi) is 4.28. The van der Waals surface area contributed by atoms with E-state index in [1.54, 1.807) is 0 Å². The quantitative estimate of drug-likeness (QED) is 0.392. The molecule has 0 radical (unpaired) electrons. The first-order valence-corrected chi connectivity index (χ1v) is 7.48. The maximum absolute atomic E-state index is 11.4. The SMILES string of the molecule is Cc1nc(SCc2cc(C(=O)NN)sc2C)oc1C. The van der Waals surface area contributed by atoms with Crippen LogP contribution in [-0.2, 0) is 5.75 Å². The number of nitrogens with one attached hydrogen (secondary N) is 1. The van der Waals surface area contributed by atoms with Crippen molar-refractivity contribution in [2.24, 2.45) is 5.84 Å². The van der Waals surface area contributed by atoms with E-state index in [-0.39, 0.29) is 5.91 Å². The highest BCUT2D eigenvalue weighted by Crippen LogP contribution is 2.29. The summed E-state index contributed by atoms with van der Waals surface area (Å²) in [6.07, 6.45) is 0. The standard InChI is InChI=1S/C12H15N3O2S2/c1-6-7(2)17-12(14-6)18-5-9-4-10(11(16)15-13)19-8(9)3/h4H,5,13H2,1-3H3,(H,15,16). The van der Waals surface area contributed by atoms with Gasteiger partial charge in [-0.1, -0.05) is 11.8 Å². The van der Waals surface area contributed by atoms with Crippen molar-refractivity contribution in [3.8, 4) is 0 Å². The first-order chi connectivity index (χ1) is 9.01. The van der Waals surface area contributed by atoms with Crippen molar-refractivity contribution >= 4 is 29.0 Å². The highest BCUT2D eigenvalue weighted by Gasteiger charge is 2.13. The molecule has 0 aromatic carbocycles. The number of amides is 1. The second-order valence-corrected chi connectivity index (χ2v) is 6.26. The van der Waals surface area contributed by atoms with Gasteiger partial charge >= 0.3 is 0 Å². The molecule has 2 aromatic rings. The molecule has 0 bridgehead atoms. The Morgan fingerprint density at radius 3 is 2.84 bits per heavy atom. The second-order valence-electron chi connectivity index (χ2n) is 4.08. The minimum Gasteiger partial charge on any atom is -0.437 e. The van der Waals surface area contributed by atoms with E-state index in [4.69, 9.17) is 10.3 Å². The van der Waals surface area contributed by atoms with Crippen LogP contribution in [0.4, 0.5) is 0 Å². The zero-order valence-corrected chi connectivity index (χ0v) is 12.6. The zero-order valence-electron chi connectivity index (χ0n) is 10.9. The highest BCUT2D eigenvalue weighted by molar-refractivity contribution is 7.98.